The maximum absolute atomic E-state index is 12.3. The van der Waals surface area contributed by atoms with E-state index in [0.717, 1.165) is 57.3 Å². The summed E-state index contributed by atoms with van der Waals surface area (Å²) in [5.41, 5.74) is 7.65. The molecule has 0 saturated carbocycles. The molecule has 3 heteroatoms. The van der Waals surface area contributed by atoms with Gasteiger partial charge in [-0.15, -0.1) is 0 Å². The fourth-order valence-corrected chi connectivity index (χ4v) is 5.65. The number of esters is 1. The number of hydrogen-bond donors (Lipinski definition) is 0. The Kier molecular flexibility index (Phi) is 7.15. The summed E-state index contributed by atoms with van der Waals surface area (Å²) in [6.07, 6.45) is 7.72. The third kappa shape index (κ3) is 5.11. The van der Waals surface area contributed by atoms with Gasteiger partial charge in [-0.25, -0.2) is 0 Å². The van der Waals surface area contributed by atoms with E-state index >= 15 is 0 Å². The lowest BCUT2D eigenvalue weighted by Gasteiger charge is -2.41. The first-order valence-corrected chi connectivity index (χ1v) is 13.0. The van der Waals surface area contributed by atoms with E-state index in [2.05, 4.69) is 71.6 Å². The molecule has 0 aromatic heterocycles. The first kappa shape index (κ1) is 23.6. The van der Waals surface area contributed by atoms with Crippen molar-refractivity contribution in [3.63, 3.8) is 0 Å². The van der Waals surface area contributed by atoms with Crippen LogP contribution in [0.15, 0.2) is 84.9 Å². The summed E-state index contributed by atoms with van der Waals surface area (Å²) >= 11 is 0. The van der Waals surface area contributed by atoms with Gasteiger partial charge in [0.05, 0.1) is 0 Å². The SMILES string of the molecule is CCC(=O)OC1(c2ccccc2)CCN(CCC=C2c3ccccc3CCc3ccccc32)CC1. The fraction of sp³-hybridized carbons (Fsp3) is 0.344. The maximum Gasteiger partial charge on any atom is 0.306 e. The predicted octanol–water partition coefficient (Wildman–Crippen LogP) is 6.55. The van der Waals surface area contributed by atoms with E-state index in [1.807, 2.05) is 25.1 Å². The van der Waals surface area contributed by atoms with Gasteiger partial charge in [-0.05, 0) is 52.7 Å². The van der Waals surface area contributed by atoms with Crippen molar-refractivity contribution in [1.29, 1.82) is 0 Å². The summed E-state index contributed by atoms with van der Waals surface area (Å²) < 4.78 is 6.08. The van der Waals surface area contributed by atoms with Crippen molar-refractivity contribution in [1.82, 2.24) is 4.90 Å². The molecule has 3 nitrogen and oxygen atoms in total. The van der Waals surface area contributed by atoms with Crippen LogP contribution in [0.1, 0.15) is 60.4 Å². The van der Waals surface area contributed by atoms with E-state index in [9.17, 15) is 4.79 Å². The van der Waals surface area contributed by atoms with Gasteiger partial charge in [0.2, 0.25) is 0 Å². The number of carbonyl (C=O) groups is 1. The number of ether oxygens (including phenoxy) is 1. The molecule has 0 bridgehead atoms. The summed E-state index contributed by atoms with van der Waals surface area (Å²) in [4.78, 5) is 14.8. The fourth-order valence-electron chi connectivity index (χ4n) is 5.65. The van der Waals surface area contributed by atoms with Crippen molar-refractivity contribution in [3.05, 3.63) is 113 Å². The number of likely N-dealkylation sites (tertiary alicyclic amines) is 1. The highest BCUT2D eigenvalue weighted by atomic mass is 16.6. The van der Waals surface area contributed by atoms with Crippen molar-refractivity contribution < 1.29 is 9.53 Å². The molecule has 35 heavy (non-hydrogen) atoms. The van der Waals surface area contributed by atoms with E-state index < -0.39 is 5.60 Å². The topological polar surface area (TPSA) is 29.5 Å². The Bertz CT molecular complexity index is 1140. The van der Waals surface area contributed by atoms with Crippen LogP contribution in [0.3, 0.4) is 0 Å². The second-order valence-electron chi connectivity index (χ2n) is 9.75. The summed E-state index contributed by atoms with van der Waals surface area (Å²) in [5, 5.41) is 0. The number of nitrogens with zero attached hydrogens (tertiary/aromatic N) is 1. The van der Waals surface area contributed by atoms with E-state index in [1.165, 1.54) is 27.8 Å². The van der Waals surface area contributed by atoms with Gasteiger partial charge < -0.3 is 9.64 Å². The minimum Gasteiger partial charge on any atom is -0.454 e. The van der Waals surface area contributed by atoms with Gasteiger partial charge >= 0.3 is 5.97 Å². The summed E-state index contributed by atoms with van der Waals surface area (Å²) in [7, 11) is 0. The molecule has 3 aromatic rings. The molecule has 1 fully saturated rings. The average Bonchev–Trinajstić information content (AvgIpc) is 3.07. The van der Waals surface area contributed by atoms with Crippen molar-refractivity contribution in [2.24, 2.45) is 0 Å². The predicted molar refractivity (Wildman–Crippen MR) is 142 cm³/mol. The van der Waals surface area contributed by atoms with Crippen LogP contribution in [0.4, 0.5) is 0 Å². The number of rotatable bonds is 6. The lowest BCUT2D eigenvalue weighted by molar-refractivity contribution is -0.166. The van der Waals surface area contributed by atoms with Crippen LogP contribution in [0, 0.1) is 0 Å². The maximum atomic E-state index is 12.3. The number of benzene rings is 3. The van der Waals surface area contributed by atoms with Crippen molar-refractivity contribution in [3.8, 4) is 0 Å². The zero-order chi connectivity index (χ0) is 24.1. The lowest BCUT2D eigenvalue weighted by Crippen LogP contribution is -2.45. The third-order valence-corrected chi connectivity index (χ3v) is 7.63. The first-order chi connectivity index (χ1) is 17.2. The quantitative estimate of drug-likeness (QED) is 0.387. The van der Waals surface area contributed by atoms with Gasteiger partial charge in [0, 0.05) is 38.9 Å². The normalized spacial score (nSPS) is 17.1. The lowest BCUT2D eigenvalue weighted by atomic mass is 9.84. The van der Waals surface area contributed by atoms with E-state index in [4.69, 9.17) is 4.74 Å². The van der Waals surface area contributed by atoms with Crippen LogP contribution in [0.2, 0.25) is 0 Å². The number of carbonyl (C=O) groups excluding carboxylic acids is 1. The molecule has 1 aliphatic carbocycles. The Balaban J connectivity index is 1.30. The molecule has 180 valence electrons. The average molecular weight is 466 g/mol. The Hall–Kier alpha value is -3.17. The Morgan fingerprint density at radius 3 is 2.03 bits per heavy atom. The van der Waals surface area contributed by atoms with Gasteiger partial charge in [0.15, 0.2) is 0 Å². The van der Waals surface area contributed by atoms with Gasteiger partial charge in [0.1, 0.15) is 5.60 Å². The molecule has 0 unspecified atom stereocenters. The molecule has 5 rings (SSSR count). The molecular weight excluding hydrogens is 430 g/mol. The largest absolute Gasteiger partial charge is 0.454 e. The molecule has 2 aliphatic rings. The van der Waals surface area contributed by atoms with Crippen LogP contribution in [-0.2, 0) is 28.0 Å². The monoisotopic (exact) mass is 465 g/mol. The Labute approximate surface area is 209 Å². The molecule has 0 amide bonds. The standard InChI is InChI=1S/C32H35NO2/c1-2-31(34)35-32(27-13-4-3-5-14-27)20-23-33(24-21-32)22-10-17-30-28-15-8-6-11-25(28)18-19-26-12-7-9-16-29(26)30/h3-9,11-17H,2,10,18-24H2,1H3. The molecule has 3 aromatic carbocycles. The molecule has 0 atom stereocenters. The second kappa shape index (κ2) is 10.6. The van der Waals surface area contributed by atoms with Crippen LogP contribution in [0.25, 0.3) is 5.57 Å². The summed E-state index contributed by atoms with van der Waals surface area (Å²) in [6.45, 7) is 4.75. The van der Waals surface area contributed by atoms with Crippen LogP contribution in [0.5, 0.6) is 0 Å². The minimum absolute atomic E-state index is 0.113. The molecular formula is C32H35NO2. The smallest absolute Gasteiger partial charge is 0.306 e. The zero-order valence-electron chi connectivity index (χ0n) is 20.7. The van der Waals surface area contributed by atoms with Crippen molar-refractivity contribution >= 4 is 11.5 Å². The van der Waals surface area contributed by atoms with Gasteiger partial charge in [-0.1, -0.05) is 91.9 Å². The highest BCUT2D eigenvalue weighted by molar-refractivity contribution is 5.83. The molecule has 1 aliphatic heterocycles. The Morgan fingerprint density at radius 1 is 0.857 bits per heavy atom. The number of fused-ring (bicyclic) bond motifs is 2. The zero-order valence-corrected chi connectivity index (χ0v) is 20.7. The van der Waals surface area contributed by atoms with Gasteiger partial charge in [0.25, 0.3) is 0 Å². The van der Waals surface area contributed by atoms with Crippen LogP contribution >= 0.6 is 0 Å². The Morgan fingerprint density at radius 2 is 1.43 bits per heavy atom. The molecule has 0 spiro atoms. The van der Waals surface area contributed by atoms with Crippen LogP contribution < -0.4 is 0 Å². The molecule has 1 saturated heterocycles. The van der Waals surface area contributed by atoms with Gasteiger partial charge in [-0.2, -0.15) is 0 Å². The van der Waals surface area contributed by atoms with Crippen molar-refractivity contribution in [2.75, 3.05) is 19.6 Å². The van der Waals surface area contributed by atoms with E-state index in [1.54, 1.807) is 0 Å². The van der Waals surface area contributed by atoms with E-state index in [0.29, 0.717) is 6.42 Å². The second-order valence-corrected chi connectivity index (χ2v) is 9.75. The minimum atomic E-state index is -0.498. The number of hydrogen-bond acceptors (Lipinski definition) is 3. The van der Waals surface area contributed by atoms with Gasteiger partial charge in [-0.3, -0.25) is 4.79 Å². The first-order valence-electron chi connectivity index (χ1n) is 13.0. The third-order valence-electron chi connectivity index (χ3n) is 7.63. The number of piperidine rings is 1. The summed E-state index contributed by atoms with van der Waals surface area (Å²) in [5.74, 6) is -0.113. The highest BCUT2D eigenvalue weighted by Gasteiger charge is 2.39. The molecule has 0 N–H and O–H groups in total. The van der Waals surface area contributed by atoms with Crippen LogP contribution in [-0.4, -0.2) is 30.5 Å². The summed E-state index contributed by atoms with van der Waals surface area (Å²) in [6, 6.07) is 28.0. The van der Waals surface area contributed by atoms with E-state index in [-0.39, 0.29) is 5.97 Å². The molecule has 1 heterocycles. The number of aryl methyl sites for hydroxylation is 2. The van der Waals surface area contributed by atoms with Crippen molar-refractivity contribution in [2.45, 2.75) is 51.0 Å². The highest BCUT2D eigenvalue weighted by Crippen LogP contribution is 2.38. The molecule has 0 radical (unpaired) electrons.